The van der Waals surface area contributed by atoms with Crippen LogP contribution in [0.25, 0.3) is 11.2 Å². The van der Waals surface area contributed by atoms with Crippen molar-refractivity contribution in [1.29, 1.82) is 0 Å². The van der Waals surface area contributed by atoms with E-state index in [2.05, 4.69) is 30.3 Å². The van der Waals surface area contributed by atoms with Crippen LogP contribution in [-0.4, -0.2) is 46.4 Å². The maximum absolute atomic E-state index is 12.5. The number of nitrogens with zero attached hydrogens (tertiary/aromatic N) is 4. The first-order valence-electron chi connectivity index (χ1n) is 12.3. The van der Waals surface area contributed by atoms with Gasteiger partial charge in [-0.05, 0) is 49.9 Å². The molecule has 1 aliphatic carbocycles. The first-order valence-corrected chi connectivity index (χ1v) is 13.8. The number of hydrogen-bond donors (Lipinski definition) is 4. The maximum Gasteiger partial charge on any atom is 0.240 e. The van der Waals surface area contributed by atoms with Crippen LogP contribution in [0.15, 0.2) is 35.5 Å². The molecular weight excluding hydrogens is 480 g/mol. The number of sulfonamides is 1. The lowest BCUT2D eigenvalue weighted by atomic mass is 9.84. The first-order chi connectivity index (χ1) is 17.2. The van der Waals surface area contributed by atoms with Crippen LogP contribution < -0.4 is 21.1 Å². The van der Waals surface area contributed by atoms with Gasteiger partial charge in [-0.15, -0.1) is 0 Å². The van der Waals surface area contributed by atoms with Gasteiger partial charge in [-0.2, -0.15) is 9.97 Å². The Balaban J connectivity index is 1.61. The van der Waals surface area contributed by atoms with Crippen molar-refractivity contribution in [3.8, 4) is 0 Å². The summed E-state index contributed by atoms with van der Waals surface area (Å²) in [6.07, 6.45) is 5.24. The van der Waals surface area contributed by atoms with Gasteiger partial charge in [-0.25, -0.2) is 18.1 Å². The number of carbonyl (C=O) groups is 1. The smallest absolute Gasteiger partial charge is 0.240 e. The number of hydrogen-bond acceptors (Lipinski definition) is 8. The average Bonchev–Trinajstić information content (AvgIpc) is 3.27. The number of fused-ring (bicyclic) bond motifs is 1. The molecule has 12 heteroatoms. The summed E-state index contributed by atoms with van der Waals surface area (Å²) in [5.74, 6) is 0.482. The summed E-state index contributed by atoms with van der Waals surface area (Å²) in [5.41, 5.74) is 7.55. The highest BCUT2D eigenvalue weighted by molar-refractivity contribution is 7.89. The maximum atomic E-state index is 12.5. The molecule has 1 amide bonds. The topological polar surface area (TPSA) is 157 Å². The van der Waals surface area contributed by atoms with Crippen LogP contribution in [0.2, 0.25) is 0 Å². The third-order valence-electron chi connectivity index (χ3n) is 6.36. The first kappa shape index (κ1) is 25.8. The Kier molecular flexibility index (Phi) is 7.74. The predicted molar refractivity (Wildman–Crippen MR) is 139 cm³/mol. The van der Waals surface area contributed by atoms with Gasteiger partial charge in [0.05, 0.1) is 17.1 Å². The van der Waals surface area contributed by atoms with E-state index in [1.165, 1.54) is 0 Å². The van der Waals surface area contributed by atoms with E-state index in [4.69, 9.17) is 5.73 Å². The van der Waals surface area contributed by atoms with Gasteiger partial charge >= 0.3 is 0 Å². The number of amides is 1. The third kappa shape index (κ3) is 5.76. The fourth-order valence-corrected chi connectivity index (χ4v) is 5.57. The molecule has 0 unspecified atom stereocenters. The number of carbonyl (C=O) groups excluding carboxylic acids is 1. The van der Waals surface area contributed by atoms with Crippen molar-refractivity contribution in [2.24, 2.45) is 17.6 Å². The third-order valence-corrected chi connectivity index (χ3v) is 7.80. The zero-order valence-electron chi connectivity index (χ0n) is 20.9. The minimum absolute atomic E-state index is 0.137. The number of nitrogens with two attached hydrogens (primary N) is 1. The van der Waals surface area contributed by atoms with Crippen LogP contribution in [-0.2, 0) is 21.4 Å². The number of rotatable bonds is 10. The minimum Gasteiger partial charge on any atom is -0.369 e. The Hall–Kier alpha value is -3.25. The number of benzene rings is 1. The number of anilines is 3. The Bertz CT molecular complexity index is 1320. The molecule has 5 N–H and O–H groups in total. The van der Waals surface area contributed by atoms with E-state index in [1.54, 1.807) is 30.6 Å². The molecule has 1 aromatic carbocycles. The lowest BCUT2D eigenvalue weighted by molar-refractivity contribution is -0.122. The van der Waals surface area contributed by atoms with Gasteiger partial charge in [-0.3, -0.25) is 4.79 Å². The molecule has 1 saturated carbocycles. The van der Waals surface area contributed by atoms with Gasteiger partial charge in [0.1, 0.15) is 0 Å². The summed E-state index contributed by atoms with van der Waals surface area (Å²) in [4.78, 5) is 26.0. The van der Waals surface area contributed by atoms with Gasteiger partial charge in [0.15, 0.2) is 17.0 Å². The van der Waals surface area contributed by atoms with Gasteiger partial charge < -0.3 is 20.9 Å². The van der Waals surface area contributed by atoms with Gasteiger partial charge in [0.2, 0.25) is 21.9 Å². The largest absolute Gasteiger partial charge is 0.369 e. The summed E-state index contributed by atoms with van der Waals surface area (Å²) in [6, 6.07) is 6.33. The molecule has 3 aromatic rings. The monoisotopic (exact) mass is 514 g/mol. The Morgan fingerprint density at radius 1 is 1.17 bits per heavy atom. The number of aryl methyl sites for hydroxylation is 1. The number of primary amides is 1. The average molecular weight is 515 g/mol. The number of nitrogens with one attached hydrogen (secondary N) is 3. The molecule has 36 heavy (non-hydrogen) atoms. The van der Waals surface area contributed by atoms with Gasteiger partial charge in [0.25, 0.3) is 0 Å². The van der Waals surface area contributed by atoms with Crippen molar-refractivity contribution in [2.75, 3.05) is 17.2 Å². The fraction of sp³-hybridized carbons (Fsp3) is 0.500. The Labute approximate surface area is 211 Å². The molecule has 11 nitrogen and oxygen atoms in total. The molecule has 0 bridgehead atoms. The highest BCUT2D eigenvalue weighted by Crippen LogP contribution is 2.29. The van der Waals surface area contributed by atoms with Crippen molar-refractivity contribution in [3.05, 3.63) is 30.6 Å². The fourth-order valence-electron chi connectivity index (χ4n) is 4.35. The van der Waals surface area contributed by atoms with Gasteiger partial charge in [-0.1, -0.05) is 26.7 Å². The molecule has 2 heterocycles. The summed E-state index contributed by atoms with van der Waals surface area (Å²) in [5, 5.41) is 6.58. The second-order valence-electron chi connectivity index (χ2n) is 9.54. The summed E-state index contributed by atoms with van der Waals surface area (Å²) in [7, 11) is -3.58. The molecule has 194 valence electrons. The second kappa shape index (κ2) is 10.8. The van der Waals surface area contributed by atoms with Crippen LogP contribution in [0.4, 0.5) is 17.5 Å². The number of imidazole rings is 1. The van der Waals surface area contributed by atoms with E-state index in [9.17, 15) is 13.2 Å². The molecular formula is C24H34N8O3S. The number of aromatic nitrogens is 4. The van der Waals surface area contributed by atoms with E-state index >= 15 is 0 Å². The second-order valence-corrected chi connectivity index (χ2v) is 11.3. The predicted octanol–water partition coefficient (Wildman–Crippen LogP) is 2.98. The van der Waals surface area contributed by atoms with Crippen molar-refractivity contribution in [3.63, 3.8) is 0 Å². The molecule has 0 saturated heterocycles. The Morgan fingerprint density at radius 3 is 2.56 bits per heavy atom. The standard InChI is InChI=1S/C24H34N8O3S/c1-4-32-14-26-20-22(28-16-9-11-17(12-10-16)36(34,35)27-13-15(2)3)30-24(31-23(20)32)29-19-8-6-5-7-18(19)21(25)33/h9-12,14-15,18-19,27H,4-8,13H2,1-3H3,(H2,25,33)(H2,28,29,30,31)/t18-,19+/m1/s1. The summed E-state index contributed by atoms with van der Waals surface area (Å²) < 4.78 is 29.6. The van der Waals surface area contributed by atoms with Crippen molar-refractivity contribution >= 4 is 44.5 Å². The van der Waals surface area contributed by atoms with Crippen LogP contribution in [0, 0.1) is 11.8 Å². The Morgan fingerprint density at radius 2 is 1.89 bits per heavy atom. The molecule has 0 aliphatic heterocycles. The lowest BCUT2D eigenvalue weighted by Gasteiger charge is -2.30. The quantitative estimate of drug-likeness (QED) is 0.322. The van der Waals surface area contributed by atoms with E-state index < -0.39 is 10.0 Å². The molecule has 4 rings (SSSR count). The molecule has 0 radical (unpaired) electrons. The van der Waals surface area contributed by atoms with Crippen molar-refractivity contribution in [1.82, 2.24) is 24.2 Å². The van der Waals surface area contributed by atoms with Crippen molar-refractivity contribution in [2.45, 2.75) is 63.9 Å². The van der Waals surface area contributed by atoms with Gasteiger partial charge in [0, 0.05) is 24.8 Å². The zero-order valence-corrected chi connectivity index (χ0v) is 21.7. The van der Waals surface area contributed by atoms with Crippen molar-refractivity contribution < 1.29 is 13.2 Å². The zero-order chi connectivity index (χ0) is 25.9. The highest BCUT2D eigenvalue weighted by atomic mass is 32.2. The van der Waals surface area contributed by atoms with E-state index in [0.717, 1.165) is 25.7 Å². The molecule has 1 fully saturated rings. The SMILES string of the molecule is CCn1cnc2c(Nc3ccc(S(=O)(=O)NCC(C)C)cc3)nc(N[C@H]3CCCC[C@H]3C(N)=O)nc21. The molecule has 0 spiro atoms. The van der Waals surface area contributed by atoms with E-state index in [1.807, 2.05) is 25.3 Å². The van der Waals surface area contributed by atoms with Crippen LogP contribution in [0.5, 0.6) is 0 Å². The lowest BCUT2D eigenvalue weighted by Crippen LogP contribution is -2.40. The van der Waals surface area contributed by atoms with Crippen LogP contribution in [0.3, 0.4) is 0 Å². The summed E-state index contributed by atoms with van der Waals surface area (Å²) >= 11 is 0. The minimum atomic E-state index is -3.58. The molecule has 2 aromatic heterocycles. The molecule has 2 atom stereocenters. The molecule has 1 aliphatic rings. The van der Waals surface area contributed by atoms with Crippen LogP contribution in [0.1, 0.15) is 46.5 Å². The normalized spacial score (nSPS) is 18.4. The van der Waals surface area contributed by atoms with E-state index in [0.29, 0.717) is 41.7 Å². The highest BCUT2D eigenvalue weighted by Gasteiger charge is 2.30. The summed E-state index contributed by atoms with van der Waals surface area (Å²) in [6.45, 7) is 6.94. The van der Waals surface area contributed by atoms with Crippen LogP contribution >= 0.6 is 0 Å². The van der Waals surface area contributed by atoms with E-state index in [-0.39, 0.29) is 28.7 Å².